The van der Waals surface area contributed by atoms with Gasteiger partial charge in [0, 0.05) is 6.20 Å². The van der Waals surface area contributed by atoms with Crippen molar-refractivity contribution < 1.29 is 12.9 Å². The maximum atomic E-state index is 11.4. The second-order valence-electron chi connectivity index (χ2n) is 4.82. The fourth-order valence-corrected chi connectivity index (χ4v) is 2.85. The minimum absolute atomic E-state index is 0.127. The van der Waals surface area contributed by atoms with Crippen LogP contribution in [-0.2, 0) is 10.0 Å². The number of aryl methyl sites for hydroxylation is 1. The molecule has 10 heteroatoms. The van der Waals surface area contributed by atoms with Gasteiger partial charge in [-0.15, -0.1) is 23.2 Å². The predicted octanol–water partition coefficient (Wildman–Crippen LogP) is 1.75. The van der Waals surface area contributed by atoms with Gasteiger partial charge in [-0.25, -0.2) is 13.6 Å². The van der Waals surface area contributed by atoms with E-state index in [1.807, 2.05) is 0 Å². The molecule has 0 aromatic carbocycles. The third-order valence-corrected chi connectivity index (χ3v) is 4.92. The van der Waals surface area contributed by atoms with E-state index in [0.29, 0.717) is 23.5 Å². The zero-order chi connectivity index (χ0) is 15.4. The van der Waals surface area contributed by atoms with Gasteiger partial charge in [-0.2, -0.15) is 4.98 Å². The molecule has 1 atom stereocenters. The fraction of sp³-hybridized carbons (Fsp3) is 0.364. The topological polar surface area (TPSA) is 112 Å². The Kier molecular flexibility index (Phi) is 3.25. The minimum atomic E-state index is -3.86. The average Bonchev–Trinajstić information content (AvgIpc) is 2.82. The Morgan fingerprint density at radius 3 is 2.71 bits per heavy atom. The molecule has 21 heavy (non-hydrogen) atoms. The van der Waals surface area contributed by atoms with E-state index in [9.17, 15) is 8.42 Å². The van der Waals surface area contributed by atoms with Crippen molar-refractivity contribution >= 4 is 33.2 Å². The molecule has 2 aromatic heterocycles. The number of halogens is 2. The van der Waals surface area contributed by atoms with E-state index in [2.05, 4.69) is 15.1 Å². The van der Waals surface area contributed by atoms with Crippen LogP contribution in [0, 0.1) is 6.92 Å². The highest BCUT2D eigenvalue weighted by atomic mass is 35.5. The number of hydrogen-bond donors (Lipinski definition) is 1. The van der Waals surface area contributed by atoms with Crippen molar-refractivity contribution in [3.05, 3.63) is 23.8 Å². The molecule has 112 valence electrons. The van der Waals surface area contributed by atoms with Gasteiger partial charge in [0.25, 0.3) is 5.89 Å². The van der Waals surface area contributed by atoms with E-state index >= 15 is 0 Å². The number of primary sulfonamides is 1. The van der Waals surface area contributed by atoms with Gasteiger partial charge in [0.2, 0.25) is 10.0 Å². The van der Waals surface area contributed by atoms with Crippen molar-refractivity contribution in [1.29, 1.82) is 0 Å². The molecule has 1 unspecified atom stereocenters. The Hall–Kier alpha value is -1.22. The molecule has 0 bridgehead atoms. The quantitative estimate of drug-likeness (QED) is 0.845. The van der Waals surface area contributed by atoms with E-state index in [1.165, 1.54) is 12.3 Å². The van der Waals surface area contributed by atoms with Gasteiger partial charge in [0.1, 0.15) is 9.23 Å². The van der Waals surface area contributed by atoms with Crippen LogP contribution >= 0.6 is 23.2 Å². The molecule has 2 N–H and O–H groups in total. The van der Waals surface area contributed by atoms with E-state index in [0.717, 1.165) is 0 Å². The first-order valence-electron chi connectivity index (χ1n) is 5.90. The van der Waals surface area contributed by atoms with Crippen LogP contribution in [0.3, 0.4) is 0 Å². The van der Waals surface area contributed by atoms with Gasteiger partial charge in [-0.05, 0) is 19.4 Å². The van der Waals surface area contributed by atoms with Crippen molar-refractivity contribution in [1.82, 2.24) is 15.1 Å². The Morgan fingerprint density at radius 1 is 1.48 bits per heavy atom. The van der Waals surface area contributed by atoms with E-state index in [-0.39, 0.29) is 16.7 Å². The number of pyridine rings is 1. The molecule has 0 amide bonds. The molecular weight excluding hydrogens is 339 g/mol. The van der Waals surface area contributed by atoms with Crippen LogP contribution in [0.1, 0.15) is 23.9 Å². The summed E-state index contributed by atoms with van der Waals surface area (Å²) in [4.78, 5) is 8.05. The van der Waals surface area contributed by atoms with E-state index in [1.54, 1.807) is 6.92 Å². The number of nitrogens with two attached hydrogens (primary N) is 1. The predicted molar refractivity (Wildman–Crippen MR) is 75.4 cm³/mol. The van der Waals surface area contributed by atoms with Crippen LogP contribution in [0.4, 0.5) is 0 Å². The largest absolute Gasteiger partial charge is 0.334 e. The molecule has 0 radical (unpaired) electrons. The standard InChI is InChI=1S/C11H10Cl2N4O3S/c1-5-7(2-6(4-15-5)21(14,18)19)10-16-9(17-20-10)8-3-11(8,12)13/h2,4,8H,3H2,1H3,(H2,14,18,19). The van der Waals surface area contributed by atoms with Crippen LogP contribution in [-0.4, -0.2) is 27.9 Å². The first-order valence-corrected chi connectivity index (χ1v) is 8.20. The number of rotatable bonds is 3. The first kappa shape index (κ1) is 14.7. The highest BCUT2D eigenvalue weighted by molar-refractivity contribution is 7.89. The first-order chi connectivity index (χ1) is 9.68. The van der Waals surface area contributed by atoms with Crippen LogP contribution < -0.4 is 5.14 Å². The molecule has 1 saturated carbocycles. The monoisotopic (exact) mass is 348 g/mol. The summed E-state index contributed by atoms with van der Waals surface area (Å²) in [5.74, 6) is 0.347. The van der Waals surface area contributed by atoms with Gasteiger partial charge in [-0.1, -0.05) is 5.16 Å². The Morgan fingerprint density at radius 2 is 2.14 bits per heavy atom. The Balaban J connectivity index is 2.01. The molecule has 0 saturated heterocycles. The van der Waals surface area contributed by atoms with Crippen molar-refractivity contribution in [3.63, 3.8) is 0 Å². The molecule has 2 heterocycles. The second kappa shape index (κ2) is 4.64. The summed E-state index contributed by atoms with van der Waals surface area (Å²) in [6.07, 6.45) is 1.72. The average molecular weight is 349 g/mol. The van der Waals surface area contributed by atoms with Gasteiger partial charge in [-0.3, -0.25) is 4.98 Å². The third-order valence-electron chi connectivity index (χ3n) is 3.20. The summed E-state index contributed by atoms with van der Waals surface area (Å²) >= 11 is 11.9. The maximum absolute atomic E-state index is 11.4. The smallest absolute Gasteiger partial charge is 0.259 e. The molecule has 0 spiro atoms. The summed E-state index contributed by atoms with van der Waals surface area (Å²) in [7, 11) is -3.86. The summed E-state index contributed by atoms with van der Waals surface area (Å²) in [5.41, 5.74) is 0.937. The summed E-state index contributed by atoms with van der Waals surface area (Å²) in [5, 5.41) is 8.90. The summed E-state index contributed by atoms with van der Waals surface area (Å²) < 4.78 is 27.0. The highest BCUT2D eigenvalue weighted by Gasteiger charge is 2.55. The van der Waals surface area contributed by atoms with Crippen LogP contribution in [0.2, 0.25) is 0 Å². The van der Waals surface area contributed by atoms with Gasteiger partial charge in [0.15, 0.2) is 5.82 Å². The van der Waals surface area contributed by atoms with Crippen molar-refractivity contribution in [3.8, 4) is 11.5 Å². The van der Waals surface area contributed by atoms with Gasteiger partial charge in [0.05, 0.1) is 17.2 Å². The normalized spacial score (nSPS) is 20.5. The number of nitrogens with zero attached hydrogens (tertiary/aromatic N) is 3. The molecule has 1 aliphatic rings. The lowest BCUT2D eigenvalue weighted by molar-refractivity contribution is 0.422. The summed E-state index contributed by atoms with van der Waals surface area (Å²) in [6, 6.07) is 1.34. The number of alkyl halides is 2. The molecule has 7 nitrogen and oxygen atoms in total. The Bertz CT molecular complexity index is 819. The number of aromatic nitrogens is 3. The molecule has 0 aliphatic heterocycles. The Labute approximate surface area is 130 Å². The molecular formula is C11H10Cl2N4O3S. The van der Waals surface area contributed by atoms with Crippen molar-refractivity contribution in [2.24, 2.45) is 5.14 Å². The van der Waals surface area contributed by atoms with E-state index < -0.39 is 14.4 Å². The van der Waals surface area contributed by atoms with Crippen molar-refractivity contribution in [2.75, 3.05) is 0 Å². The number of hydrogen-bond acceptors (Lipinski definition) is 6. The lowest BCUT2D eigenvalue weighted by Gasteiger charge is -2.02. The van der Waals surface area contributed by atoms with Crippen LogP contribution in [0.15, 0.2) is 21.7 Å². The molecule has 1 fully saturated rings. The van der Waals surface area contributed by atoms with Gasteiger partial charge < -0.3 is 4.52 Å². The molecule has 2 aromatic rings. The fourth-order valence-electron chi connectivity index (χ4n) is 1.87. The zero-order valence-electron chi connectivity index (χ0n) is 10.7. The lowest BCUT2D eigenvalue weighted by Crippen LogP contribution is -2.12. The second-order valence-corrected chi connectivity index (χ2v) is 7.93. The lowest BCUT2D eigenvalue weighted by atomic mass is 10.2. The number of sulfonamides is 1. The van der Waals surface area contributed by atoms with E-state index in [4.69, 9.17) is 32.9 Å². The minimum Gasteiger partial charge on any atom is -0.334 e. The highest BCUT2D eigenvalue weighted by Crippen LogP contribution is 2.58. The molecule has 3 rings (SSSR count). The maximum Gasteiger partial charge on any atom is 0.259 e. The third kappa shape index (κ3) is 2.76. The summed E-state index contributed by atoms with van der Waals surface area (Å²) in [6.45, 7) is 1.69. The SMILES string of the molecule is Cc1ncc(S(N)(=O)=O)cc1-c1nc(C2CC2(Cl)Cl)no1. The van der Waals surface area contributed by atoms with Crippen LogP contribution in [0.25, 0.3) is 11.5 Å². The zero-order valence-corrected chi connectivity index (χ0v) is 13.1. The van der Waals surface area contributed by atoms with Crippen LogP contribution in [0.5, 0.6) is 0 Å². The van der Waals surface area contributed by atoms with Gasteiger partial charge >= 0.3 is 0 Å². The molecule has 1 aliphatic carbocycles. The van der Waals surface area contributed by atoms with Crippen molar-refractivity contribution in [2.45, 2.75) is 28.5 Å².